The second-order valence-corrected chi connectivity index (χ2v) is 40.4. The zero-order chi connectivity index (χ0) is 98.6. The molecule has 9 heterocycles. The first-order valence-corrected chi connectivity index (χ1v) is 50.0. The van der Waals surface area contributed by atoms with E-state index in [1.165, 1.54) is 95.2 Å². The van der Waals surface area contributed by atoms with Crippen molar-refractivity contribution in [2.45, 2.75) is 92.9 Å². The highest BCUT2D eigenvalue weighted by molar-refractivity contribution is 8.72. The van der Waals surface area contributed by atoms with E-state index >= 15 is 0 Å². The number of halogens is 7. The summed E-state index contributed by atoms with van der Waals surface area (Å²) in [4.78, 5) is 187. The van der Waals surface area contributed by atoms with Crippen molar-refractivity contribution in [2.24, 2.45) is 11.5 Å². The Morgan fingerprint density at radius 2 is 0.800 bits per heavy atom. The third-order valence-corrected chi connectivity index (χ3v) is 32.5. The summed E-state index contributed by atoms with van der Waals surface area (Å²) in [7, 11) is 4.63. The number of rotatable bonds is 26. The predicted octanol–water partition coefficient (Wildman–Crippen LogP) is 7.28. The molecule has 6 aromatic carbocycles. The number of esters is 4. The fraction of sp³-hybridized carbons (Fsp3) is 0.299. The highest BCUT2D eigenvalue weighted by Gasteiger charge is 2.59. The number of nitrogens with zero attached hydrogens (tertiary/aromatic N) is 5. The van der Waals surface area contributed by atoms with Gasteiger partial charge < -0.3 is 67.4 Å². The summed E-state index contributed by atoms with van der Waals surface area (Å²) in [6.07, 6.45) is 0.179. The summed E-state index contributed by atoms with van der Waals surface area (Å²) in [5, 5.41) is 23.5. The molecule has 9 aliphatic rings. The Balaban J connectivity index is 0.000000172. The van der Waals surface area contributed by atoms with Gasteiger partial charge in [-0.1, -0.05) is 228 Å². The third-order valence-electron chi connectivity index (χ3n) is 20.8. The van der Waals surface area contributed by atoms with Gasteiger partial charge in [0.2, 0.25) is 43.6 Å². The molecule has 13 unspecified atom stereocenters. The summed E-state index contributed by atoms with van der Waals surface area (Å²) in [6.45, 7) is 0. The average Bonchev–Trinajstić information content (AvgIpc) is 0.763. The maximum atomic E-state index is 13.0. The quantitative estimate of drug-likeness (QED) is 0.00490. The Labute approximate surface area is 829 Å². The fourth-order valence-corrected chi connectivity index (χ4v) is 24.3. The van der Waals surface area contributed by atoms with Gasteiger partial charge in [-0.2, -0.15) is 0 Å². The topological polar surface area (TPSA) is 488 Å². The summed E-state index contributed by atoms with van der Waals surface area (Å²) in [5.74, 6) is -6.67. The Morgan fingerprint density at radius 3 is 1.18 bits per heavy atom. The summed E-state index contributed by atoms with van der Waals surface area (Å²) >= 11 is 46.7. The van der Waals surface area contributed by atoms with Gasteiger partial charge >= 0.3 is 29.8 Å². The van der Waals surface area contributed by atoms with E-state index in [2.05, 4.69) is 41.4 Å². The highest BCUT2D eigenvalue weighted by Crippen LogP contribution is 2.47. The first-order chi connectivity index (χ1) is 64.4. The lowest BCUT2D eigenvalue weighted by Crippen LogP contribution is -2.71. The number of likely N-dealkylation sites (tertiary alicyclic amines) is 1. The van der Waals surface area contributed by atoms with Gasteiger partial charge in [-0.05, 0) is 65.6 Å². The molecule has 0 radical (unpaired) electrons. The van der Waals surface area contributed by atoms with Crippen LogP contribution in [0.3, 0.4) is 0 Å². The SMILES string of the molecule is CNC(C(=O)Cl)c1ccccc1.CNC(C(=O)NC1C(=O)N2C(C(=O)OC)=C(Cl)CSC12)c1ccccc1.COC(=O)/C(=C(\Cl)CCl)N1C(=O)C(NC(=O)Cc2ccccc2)C1SS(=O)(=O)c1ccccc1.COC(=O)C1=C(Cl)CSC2C(N)C(=O)N12.COC(=O)C1=C(Cl)CSC2C(NC(=O)Cc3ccccc3)C(=O)N12.NC(C(=O)NC1C(=O)N2C(C(=O)O)=C(Cl)CSC12)c1ccccc1. The number of fused-ring (bicyclic) bond motifs is 4. The van der Waals surface area contributed by atoms with Gasteiger partial charge in [-0.25, -0.2) is 32.4 Å². The number of carbonyl (C=O) groups excluding carboxylic acids is 14. The molecule has 5 saturated heterocycles. The second-order valence-electron chi connectivity index (χ2n) is 29.1. The van der Waals surface area contributed by atoms with Crippen LogP contribution in [0.1, 0.15) is 45.9 Å². The molecule has 0 aliphatic carbocycles. The number of methoxy groups -OCH3 is 4. The van der Waals surface area contributed by atoms with Gasteiger partial charge in [0.15, 0.2) is 0 Å². The average molecular weight is 2110 g/mol. The molecule has 0 bridgehead atoms. The molecule has 716 valence electrons. The van der Waals surface area contributed by atoms with Crippen LogP contribution in [0.15, 0.2) is 241 Å². The molecule has 13 atom stereocenters. The van der Waals surface area contributed by atoms with Gasteiger partial charge in [-0.15, -0.1) is 58.6 Å². The molecule has 9 aliphatic heterocycles. The molecule has 15 rings (SSSR count). The molecule has 5 fully saturated rings. The first-order valence-electron chi connectivity index (χ1n) is 40.1. The minimum absolute atomic E-state index is 0.000647. The minimum atomic E-state index is -3.98. The number of carbonyl (C=O) groups is 15. The number of amides is 9. The molecule has 6 aromatic rings. The lowest BCUT2D eigenvalue weighted by atomic mass is 10.0. The maximum Gasteiger partial charge on any atom is 0.356 e. The lowest BCUT2D eigenvalue weighted by molar-refractivity contribution is -0.151. The van der Waals surface area contributed by atoms with Gasteiger partial charge in [0.1, 0.15) is 104 Å². The molecule has 0 aromatic heterocycles. The Morgan fingerprint density at radius 1 is 0.459 bits per heavy atom. The zero-order valence-electron chi connectivity index (χ0n) is 71.8. The van der Waals surface area contributed by atoms with Crippen LogP contribution in [0, 0.1) is 0 Å². The van der Waals surface area contributed by atoms with E-state index in [-0.39, 0.29) is 129 Å². The van der Waals surface area contributed by atoms with Crippen LogP contribution in [0.5, 0.6) is 0 Å². The number of hydrogen-bond donors (Lipinski definition) is 9. The Bertz CT molecular complexity index is 5800. The number of carboxylic acid groups (broad SMARTS) is 1. The van der Waals surface area contributed by atoms with Crippen LogP contribution < -0.4 is 43.4 Å². The molecule has 0 saturated carbocycles. The number of likely N-dealkylation sites (N-methyl/N-ethyl adjacent to an activating group) is 2. The predicted molar refractivity (Wildman–Crippen MR) is 512 cm³/mol. The van der Waals surface area contributed by atoms with Crippen LogP contribution in [0.25, 0.3) is 0 Å². The number of alkyl halides is 1. The fourth-order valence-electron chi connectivity index (χ4n) is 14.1. The normalized spacial score (nSPS) is 21.8. The third kappa shape index (κ3) is 25.1. The largest absolute Gasteiger partial charge is 0.477 e. The van der Waals surface area contributed by atoms with Crippen molar-refractivity contribution in [1.82, 2.24) is 56.4 Å². The Kier molecular flexibility index (Phi) is 39.0. The van der Waals surface area contributed by atoms with E-state index in [1.807, 2.05) is 97.1 Å². The van der Waals surface area contributed by atoms with Crippen LogP contribution in [0.4, 0.5) is 0 Å². The van der Waals surface area contributed by atoms with Gasteiger partial charge in [-0.3, -0.25) is 72.4 Å². The van der Waals surface area contributed by atoms with Gasteiger partial charge in [0.05, 0.1) is 77.2 Å². The van der Waals surface area contributed by atoms with Crippen LogP contribution in [-0.2, 0) is 113 Å². The van der Waals surface area contributed by atoms with Crippen molar-refractivity contribution >= 4 is 236 Å². The van der Waals surface area contributed by atoms with Gasteiger partial charge in [0.25, 0.3) is 23.6 Å². The number of nitrogens with one attached hydrogen (secondary N) is 6. The standard InChI is InChI=1S/C22H20Cl2N2O6S2.C17H18ClN3O4S.C16H15ClN2O4S.C15H14ClN3O4S.C9H10ClNO.C8H9ClN2O3S/c1-32-22(29)19(16(24)13-23)26-20(28)18(25-17(27)12-14-8-4-2-5-9-14)21(26)33-34(30,31)15-10-6-3-7-11-15;1-19-11(9-6-4-3-5-7-9)14(22)20-12-15(23)21-13(17(24)25-2)10(18)8-26-16(12)21;1-23-16(22)13-10(17)8-24-15-12(14(21)19(13)15)18-11(20)7-9-5-3-2-4-6-9;16-8-6-24-14-10(13(21)19(14)11(8)15(22)23)18-12(20)9(17)7-4-2-1-3-5-7;1-11-8(9(10)12)7-5-3-2-4-6-7;1-14-8(13)5-3(9)2-15-7-4(10)6(12)11(5)7/h2-11,18,21H,12-13H2,1H3,(H,25,27);3-7,11-12,16,19H,8H2,1-2H3,(H,20,22);2-6,12,15H,7-8H2,1H3,(H,18,20);1-5,9-10,14H,6,17H2,(H,18,20)(H,22,23);2-6,8,11H,1H3;4,7H,2,10H2,1H3/b19-16+;;;;;. The number of carboxylic acids is 1. The van der Waals surface area contributed by atoms with Crippen LogP contribution in [0.2, 0.25) is 0 Å². The number of nitrogens with two attached hydrogens (primary N) is 2. The monoisotopic (exact) mass is 2100 g/mol. The van der Waals surface area contributed by atoms with E-state index < -0.39 is 121 Å². The number of allylic oxidation sites excluding steroid dienone is 1. The van der Waals surface area contributed by atoms with Crippen molar-refractivity contribution in [3.05, 3.63) is 263 Å². The number of β-lactam (4-membered cyclic amide) rings is 5. The molecule has 35 nitrogen and oxygen atoms in total. The molecule has 9 amide bonds. The van der Waals surface area contributed by atoms with Crippen molar-refractivity contribution < 1.29 is 104 Å². The maximum absolute atomic E-state index is 13.0. The highest BCUT2D eigenvalue weighted by atomic mass is 35.5. The molecular formula is C87H86Cl7N13O22S6. The van der Waals surface area contributed by atoms with E-state index in [1.54, 1.807) is 86.9 Å². The van der Waals surface area contributed by atoms with E-state index in [0.29, 0.717) is 44.2 Å². The number of ether oxygens (including phenoxy) is 4. The summed E-state index contributed by atoms with van der Waals surface area (Å²) in [6, 6.07) is 47.3. The summed E-state index contributed by atoms with van der Waals surface area (Å²) in [5.41, 5.74) is 15.1. The van der Waals surface area contributed by atoms with Crippen molar-refractivity contribution in [2.75, 3.05) is 71.4 Å². The molecule has 48 heteroatoms. The molecule has 11 N–H and O–H groups in total. The lowest BCUT2D eigenvalue weighted by Gasteiger charge is -2.49. The van der Waals surface area contributed by atoms with E-state index in [4.69, 9.17) is 102 Å². The second kappa shape index (κ2) is 49.2. The first kappa shape index (κ1) is 107. The van der Waals surface area contributed by atoms with Crippen molar-refractivity contribution in [1.29, 1.82) is 0 Å². The molecule has 135 heavy (non-hydrogen) atoms. The van der Waals surface area contributed by atoms with Gasteiger partial charge in [0, 0.05) is 33.8 Å². The Hall–Kier alpha value is -10.2. The molecule has 0 spiro atoms. The van der Waals surface area contributed by atoms with E-state index in [9.17, 15) is 85.4 Å². The van der Waals surface area contributed by atoms with Crippen molar-refractivity contribution in [3.63, 3.8) is 0 Å². The van der Waals surface area contributed by atoms with Crippen LogP contribution >= 0.6 is 139 Å². The number of aliphatic carboxylic acids is 1. The minimum Gasteiger partial charge on any atom is -0.477 e. The number of hydrogen-bond acceptors (Lipinski definition) is 30. The van der Waals surface area contributed by atoms with Crippen LogP contribution in [-0.4, -0.2) is 255 Å². The van der Waals surface area contributed by atoms with Crippen molar-refractivity contribution in [3.8, 4) is 0 Å². The number of benzene rings is 6. The summed E-state index contributed by atoms with van der Waals surface area (Å²) < 4.78 is 44.7. The smallest absolute Gasteiger partial charge is 0.356 e. The number of thioether (sulfide) groups is 4. The van der Waals surface area contributed by atoms with E-state index in [0.717, 1.165) is 33.6 Å². The molecular weight excluding hydrogens is 2020 g/mol. The zero-order valence-corrected chi connectivity index (χ0v) is 82.0.